The molecule has 0 saturated heterocycles. The summed E-state index contributed by atoms with van der Waals surface area (Å²) in [6, 6.07) is 3.96. The van der Waals surface area contributed by atoms with Crippen LogP contribution >= 0.6 is 47.8 Å². The third-order valence-corrected chi connectivity index (χ3v) is 3.83. The SMILES string of the molecule is Brc1cc(Br)c(OC2=CCCC2)c(Br)c1. The van der Waals surface area contributed by atoms with E-state index in [0.29, 0.717) is 0 Å². The standard InChI is InChI=1S/C11H9Br3O/c12-7-5-9(13)11(10(14)6-7)15-8-3-1-2-4-8/h3,5-6H,1-2,4H2. The average molecular weight is 397 g/mol. The maximum Gasteiger partial charge on any atom is 0.155 e. The van der Waals surface area contributed by atoms with Gasteiger partial charge in [-0.3, -0.25) is 0 Å². The van der Waals surface area contributed by atoms with Gasteiger partial charge in [0.2, 0.25) is 0 Å². The quantitative estimate of drug-likeness (QED) is 0.648. The van der Waals surface area contributed by atoms with Gasteiger partial charge in [-0.15, -0.1) is 0 Å². The Morgan fingerprint density at radius 1 is 1.07 bits per heavy atom. The van der Waals surface area contributed by atoms with Crippen LogP contribution in [0.15, 0.2) is 37.4 Å². The van der Waals surface area contributed by atoms with E-state index in [9.17, 15) is 0 Å². The molecule has 1 aliphatic rings. The third kappa shape index (κ3) is 2.86. The molecule has 1 nitrogen and oxygen atoms in total. The number of allylic oxidation sites excluding steroid dienone is 2. The molecule has 0 spiro atoms. The Hall–Kier alpha value is 0.200. The molecular formula is C11H9Br3O. The summed E-state index contributed by atoms with van der Waals surface area (Å²) in [5.41, 5.74) is 0. The lowest BCUT2D eigenvalue weighted by Crippen LogP contribution is -1.93. The summed E-state index contributed by atoms with van der Waals surface area (Å²) < 4.78 is 8.77. The molecule has 80 valence electrons. The fraction of sp³-hybridized carbons (Fsp3) is 0.273. The molecule has 0 amide bonds. The van der Waals surface area contributed by atoms with Gasteiger partial charge in [0.1, 0.15) is 5.76 Å². The molecule has 0 atom stereocenters. The minimum atomic E-state index is 0.853. The van der Waals surface area contributed by atoms with E-state index < -0.39 is 0 Å². The van der Waals surface area contributed by atoms with Crippen LogP contribution in [0.1, 0.15) is 19.3 Å². The Labute approximate surface area is 114 Å². The van der Waals surface area contributed by atoms with E-state index in [1.165, 1.54) is 6.42 Å². The van der Waals surface area contributed by atoms with Crippen molar-refractivity contribution in [3.05, 3.63) is 37.4 Å². The normalized spacial score (nSPS) is 15.3. The third-order valence-electron chi connectivity index (χ3n) is 2.20. The van der Waals surface area contributed by atoms with E-state index >= 15 is 0 Å². The Kier molecular flexibility index (Phi) is 3.91. The summed E-state index contributed by atoms with van der Waals surface area (Å²) in [5.74, 6) is 1.92. The van der Waals surface area contributed by atoms with Crippen LogP contribution in [0, 0.1) is 0 Å². The molecule has 0 unspecified atom stereocenters. The summed E-state index contributed by atoms with van der Waals surface area (Å²) in [4.78, 5) is 0. The molecule has 0 heterocycles. The number of hydrogen-bond acceptors (Lipinski definition) is 1. The summed E-state index contributed by atoms with van der Waals surface area (Å²) in [5, 5.41) is 0. The van der Waals surface area contributed by atoms with E-state index in [1.54, 1.807) is 0 Å². The largest absolute Gasteiger partial charge is 0.460 e. The number of hydrogen-bond donors (Lipinski definition) is 0. The maximum atomic E-state index is 5.84. The van der Waals surface area contributed by atoms with Gasteiger partial charge in [-0.2, -0.15) is 0 Å². The first-order valence-electron chi connectivity index (χ1n) is 4.68. The number of ether oxygens (including phenoxy) is 1. The van der Waals surface area contributed by atoms with Gasteiger partial charge in [0.15, 0.2) is 5.75 Å². The average Bonchev–Trinajstić information content (AvgIpc) is 2.63. The second-order valence-electron chi connectivity index (χ2n) is 3.36. The zero-order valence-corrected chi connectivity index (χ0v) is 12.7. The van der Waals surface area contributed by atoms with Gasteiger partial charge >= 0.3 is 0 Å². The smallest absolute Gasteiger partial charge is 0.155 e. The summed E-state index contributed by atoms with van der Waals surface area (Å²) in [6.07, 6.45) is 5.51. The van der Waals surface area contributed by atoms with Crippen LogP contribution in [-0.4, -0.2) is 0 Å². The molecule has 15 heavy (non-hydrogen) atoms. The minimum absolute atomic E-state index is 0.853. The minimum Gasteiger partial charge on any atom is -0.460 e. The summed E-state index contributed by atoms with van der Waals surface area (Å²) in [7, 11) is 0. The van der Waals surface area contributed by atoms with Gasteiger partial charge in [0.25, 0.3) is 0 Å². The highest BCUT2D eigenvalue weighted by molar-refractivity contribution is 9.11. The highest BCUT2D eigenvalue weighted by Crippen LogP contribution is 2.38. The second kappa shape index (κ2) is 5.02. The molecule has 0 aromatic heterocycles. The molecule has 0 fully saturated rings. The molecule has 2 rings (SSSR count). The van der Waals surface area contributed by atoms with E-state index in [1.807, 2.05) is 12.1 Å². The Bertz CT molecular complexity index is 389. The van der Waals surface area contributed by atoms with Gasteiger partial charge < -0.3 is 4.74 Å². The topological polar surface area (TPSA) is 9.23 Å². The van der Waals surface area contributed by atoms with E-state index in [4.69, 9.17) is 4.74 Å². The first kappa shape index (κ1) is 11.7. The summed E-state index contributed by atoms with van der Waals surface area (Å²) in [6.45, 7) is 0. The molecule has 1 aromatic carbocycles. The molecule has 0 saturated carbocycles. The van der Waals surface area contributed by atoms with Crippen molar-refractivity contribution in [1.29, 1.82) is 0 Å². The Morgan fingerprint density at radius 3 is 2.27 bits per heavy atom. The van der Waals surface area contributed by atoms with Crippen molar-refractivity contribution in [2.75, 3.05) is 0 Å². The Morgan fingerprint density at radius 2 is 1.73 bits per heavy atom. The van der Waals surface area contributed by atoms with E-state index in [-0.39, 0.29) is 0 Å². The molecule has 0 bridgehead atoms. The highest BCUT2D eigenvalue weighted by atomic mass is 79.9. The fourth-order valence-corrected chi connectivity index (χ4v) is 3.91. The van der Waals surface area contributed by atoms with Crippen LogP contribution in [0.4, 0.5) is 0 Å². The van der Waals surface area contributed by atoms with Crippen molar-refractivity contribution in [3.8, 4) is 5.75 Å². The van der Waals surface area contributed by atoms with E-state index in [0.717, 1.165) is 37.8 Å². The maximum absolute atomic E-state index is 5.84. The van der Waals surface area contributed by atoms with Gasteiger partial charge in [0.05, 0.1) is 8.95 Å². The zero-order chi connectivity index (χ0) is 10.8. The predicted molar refractivity (Wildman–Crippen MR) is 72.1 cm³/mol. The lowest BCUT2D eigenvalue weighted by atomic mass is 10.3. The van der Waals surface area contributed by atoms with Crippen LogP contribution in [0.5, 0.6) is 5.75 Å². The van der Waals surface area contributed by atoms with Gasteiger partial charge in [-0.05, 0) is 62.9 Å². The molecule has 0 N–H and O–H groups in total. The molecule has 1 aromatic rings. The first-order chi connectivity index (χ1) is 7.16. The van der Waals surface area contributed by atoms with Crippen LogP contribution in [0.25, 0.3) is 0 Å². The number of rotatable bonds is 2. The van der Waals surface area contributed by atoms with Crippen LogP contribution < -0.4 is 4.74 Å². The van der Waals surface area contributed by atoms with Crippen LogP contribution in [-0.2, 0) is 0 Å². The van der Waals surface area contributed by atoms with Gasteiger partial charge in [-0.25, -0.2) is 0 Å². The van der Waals surface area contributed by atoms with Crippen molar-refractivity contribution < 1.29 is 4.74 Å². The predicted octanol–water partition coefficient (Wildman–Crippen LogP) is 5.42. The molecular weight excluding hydrogens is 388 g/mol. The molecule has 0 radical (unpaired) electrons. The van der Waals surface area contributed by atoms with Crippen LogP contribution in [0.2, 0.25) is 0 Å². The molecule has 1 aliphatic carbocycles. The van der Waals surface area contributed by atoms with Gasteiger partial charge in [-0.1, -0.05) is 15.9 Å². The number of halogens is 3. The summed E-state index contributed by atoms with van der Waals surface area (Å²) >= 11 is 10.4. The Balaban J connectivity index is 2.27. The zero-order valence-electron chi connectivity index (χ0n) is 7.90. The first-order valence-corrected chi connectivity index (χ1v) is 7.06. The lowest BCUT2D eigenvalue weighted by Gasteiger charge is -2.10. The monoisotopic (exact) mass is 394 g/mol. The van der Waals surface area contributed by atoms with Crippen molar-refractivity contribution in [2.45, 2.75) is 19.3 Å². The van der Waals surface area contributed by atoms with Crippen LogP contribution in [0.3, 0.4) is 0 Å². The lowest BCUT2D eigenvalue weighted by molar-refractivity contribution is 0.406. The van der Waals surface area contributed by atoms with E-state index in [2.05, 4.69) is 53.9 Å². The van der Waals surface area contributed by atoms with Crippen molar-refractivity contribution in [3.63, 3.8) is 0 Å². The number of benzene rings is 1. The molecule has 0 aliphatic heterocycles. The second-order valence-corrected chi connectivity index (χ2v) is 5.99. The van der Waals surface area contributed by atoms with Crippen molar-refractivity contribution >= 4 is 47.8 Å². The van der Waals surface area contributed by atoms with Crippen molar-refractivity contribution in [2.24, 2.45) is 0 Å². The fourth-order valence-electron chi connectivity index (χ4n) is 1.49. The highest BCUT2D eigenvalue weighted by Gasteiger charge is 2.12. The van der Waals surface area contributed by atoms with Crippen molar-refractivity contribution in [1.82, 2.24) is 0 Å². The van der Waals surface area contributed by atoms with Gasteiger partial charge in [0, 0.05) is 10.9 Å². The molecule has 4 heteroatoms.